The maximum atomic E-state index is 13.5. The van der Waals surface area contributed by atoms with E-state index in [4.69, 9.17) is 20.9 Å². The van der Waals surface area contributed by atoms with Crippen LogP contribution >= 0.6 is 11.6 Å². The first kappa shape index (κ1) is 22.2. The Hall–Kier alpha value is -2.97. The maximum Gasteiger partial charge on any atom is 0.238 e. The monoisotopic (exact) mass is 458 g/mol. The fourth-order valence-corrected chi connectivity index (χ4v) is 4.02. The van der Waals surface area contributed by atoms with E-state index in [0.717, 1.165) is 24.9 Å². The fourth-order valence-electron chi connectivity index (χ4n) is 3.87. The van der Waals surface area contributed by atoms with E-state index in [1.165, 1.54) is 19.2 Å². The van der Waals surface area contributed by atoms with Crippen LogP contribution in [0.1, 0.15) is 30.2 Å². The number of aromatic nitrogens is 2. The standard InChI is InChI=1S/C23H24ClFN4O3/c1-14-9-19(20(31-2)11-18(14)24)26-21(30)13-29-8-4-6-16(12-29)23-27-22(28-32-23)15-5-3-7-17(25)10-15/h3,5,7,9-11,16H,4,6,8,12-13H2,1-2H3,(H,26,30). The molecule has 0 bridgehead atoms. The molecule has 1 N–H and O–H groups in total. The molecule has 0 spiro atoms. The van der Waals surface area contributed by atoms with Crippen molar-refractivity contribution in [1.82, 2.24) is 15.0 Å². The Morgan fingerprint density at radius 2 is 2.22 bits per heavy atom. The lowest BCUT2D eigenvalue weighted by atomic mass is 9.98. The third-order valence-electron chi connectivity index (χ3n) is 5.50. The molecule has 4 rings (SSSR count). The lowest BCUT2D eigenvalue weighted by Gasteiger charge is -2.30. The summed E-state index contributed by atoms with van der Waals surface area (Å²) < 4.78 is 24.3. The van der Waals surface area contributed by atoms with Gasteiger partial charge in [-0.05, 0) is 50.1 Å². The van der Waals surface area contributed by atoms with Crippen molar-refractivity contribution < 1.29 is 18.4 Å². The summed E-state index contributed by atoms with van der Waals surface area (Å²) in [7, 11) is 1.54. The number of likely N-dealkylation sites (tertiary alicyclic amines) is 1. The number of halogens is 2. The Labute approximate surface area is 190 Å². The summed E-state index contributed by atoms with van der Waals surface area (Å²) in [5.41, 5.74) is 2.01. The molecule has 1 aromatic heterocycles. The van der Waals surface area contributed by atoms with E-state index in [9.17, 15) is 9.18 Å². The van der Waals surface area contributed by atoms with E-state index in [-0.39, 0.29) is 24.2 Å². The number of hydrogen-bond donors (Lipinski definition) is 1. The van der Waals surface area contributed by atoms with Crippen molar-refractivity contribution in [3.05, 3.63) is 58.7 Å². The Morgan fingerprint density at radius 3 is 3.00 bits per heavy atom. The highest BCUT2D eigenvalue weighted by Gasteiger charge is 2.27. The van der Waals surface area contributed by atoms with Gasteiger partial charge in [-0.1, -0.05) is 28.9 Å². The quantitative estimate of drug-likeness (QED) is 0.578. The van der Waals surface area contributed by atoms with Crippen LogP contribution in [0.4, 0.5) is 10.1 Å². The van der Waals surface area contributed by atoms with Crippen molar-refractivity contribution in [3.63, 3.8) is 0 Å². The molecule has 1 saturated heterocycles. The van der Waals surface area contributed by atoms with Crippen molar-refractivity contribution in [1.29, 1.82) is 0 Å². The number of carbonyl (C=O) groups excluding carboxylic acids is 1. The van der Waals surface area contributed by atoms with Gasteiger partial charge in [-0.3, -0.25) is 9.69 Å². The smallest absolute Gasteiger partial charge is 0.238 e. The SMILES string of the molecule is COc1cc(Cl)c(C)cc1NC(=O)CN1CCCC(c2nc(-c3cccc(F)c3)no2)C1. The number of benzene rings is 2. The number of ether oxygens (including phenoxy) is 1. The number of hydrogen-bond acceptors (Lipinski definition) is 6. The van der Waals surface area contributed by atoms with Crippen LogP contribution < -0.4 is 10.1 Å². The number of nitrogens with one attached hydrogen (secondary N) is 1. The third-order valence-corrected chi connectivity index (χ3v) is 5.91. The first-order chi connectivity index (χ1) is 15.4. The zero-order chi connectivity index (χ0) is 22.7. The second kappa shape index (κ2) is 9.67. The summed E-state index contributed by atoms with van der Waals surface area (Å²) in [4.78, 5) is 19.2. The van der Waals surface area contributed by atoms with E-state index >= 15 is 0 Å². The predicted octanol–water partition coefficient (Wildman–Crippen LogP) is 4.66. The van der Waals surface area contributed by atoms with Crippen LogP contribution in [0.15, 0.2) is 40.9 Å². The number of nitrogens with zero attached hydrogens (tertiary/aromatic N) is 3. The average molecular weight is 459 g/mol. The van der Waals surface area contributed by atoms with Gasteiger partial charge < -0.3 is 14.6 Å². The molecule has 0 aliphatic carbocycles. The topological polar surface area (TPSA) is 80.5 Å². The van der Waals surface area contributed by atoms with Crippen molar-refractivity contribution >= 4 is 23.2 Å². The Kier molecular flexibility index (Phi) is 6.72. The third kappa shape index (κ3) is 5.08. The van der Waals surface area contributed by atoms with Crippen LogP contribution in [0.2, 0.25) is 5.02 Å². The van der Waals surface area contributed by atoms with Crippen molar-refractivity contribution in [2.75, 3.05) is 32.1 Å². The summed E-state index contributed by atoms with van der Waals surface area (Å²) in [6, 6.07) is 9.58. The molecule has 1 aliphatic heterocycles. The van der Waals surface area contributed by atoms with Crippen LogP contribution in [0, 0.1) is 12.7 Å². The van der Waals surface area contributed by atoms with E-state index in [1.807, 2.05) is 6.92 Å². The number of carbonyl (C=O) groups is 1. The molecule has 1 amide bonds. The molecule has 0 saturated carbocycles. The minimum absolute atomic E-state index is 0.0127. The second-order valence-electron chi connectivity index (χ2n) is 7.89. The largest absolute Gasteiger partial charge is 0.495 e. The molecule has 7 nitrogen and oxygen atoms in total. The molecular weight excluding hydrogens is 435 g/mol. The number of rotatable bonds is 6. The highest BCUT2D eigenvalue weighted by molar-refractivity contribution is 6.31. The van der Waals surface area contributed by atoms with Crippen molar-refractivity contribution in [2.45, 2.75) is 25.7 Å². The molecule has 9 heteroatoms. The molecule has 3 aromatic rings. The highest BCUT2D eigenvalue weighted by atomic mass is 35.5. The molecule has 1 unspecified atom stereocenters. The van der Waals surface area contributed by atoms with Gasteiger partial charge in [0.1, 0.15) is 11.6 Å². The fraction of sp³-hybridized carbons (Fsp3) is 0.348. The Morgan fingerprint density at radius 1 is 1.38 bits per heavy atom. The van der Waals surface area contributed by atoms with Gasteiger partial charge in [0.2, 0.25) is 17.6 Å². The normalized spacial score (nSPS) is 16.7. The van der Waals surface area contributed by atoms with Gasteiger partial charge in [0.05, 0.1) is 25.3 Å². The first-order valence-electron chi connectivity index (χ1n) is 10.4. The molecule has 1 aliphatic rings. The molecule has 32 heavy (non-hydrogen) atoms. The van der Waals surface area contributed by atoms with Gasteiger partial charge in [0.25, 0.3) is 0 Å². The molecule has 1 fully saturated rings. The number of methoxy groups -OCH3 is 1. The highest BCUT2D eigenvalue weighted by Crippen LogP contribution is 2.31. The zero-order valence-corrected chi connectivity index (χ0v) is 18.7. The average Bonchev–Trinajstić information content (AvgIpc) is 3.27. The number of anilines is 1. The van der Waals surface area contributed by atoms with E-state index in [2.05, 4.69) is 20.4 Å². The molecule has 2 heterocycles. The molecule has 2 aromatic carbocycles. The van der Waals surface area contributed by atoms with Gasteiger partial charge in [-0.15, -0.1) is 0 Å². The van der Waals surface area contributed by atoms with Gasteiger partial charge in [-0.25, -0.2) is 4.39 Å². The second-order valence-corrected chi connectivity index (χ2v) is 8.30. The molecule has 1 atom stereocenters. The minimum Gasteiger partial charge on any atom is -0.495 e. The van der Waals surface area contributed by atoms with Crippen LogP contribution in [0.5, 0.6) is 5.75 Å². The van der Waals surface area contributed by atoms with Crippen molar-refractivity contribution in [2.24, 2.45) is 0 Å². The van der Waals surface area contributed by atoms with Crippen LogP contribution in [0.25, 0.3) is 11.4 Å². The molecule has 0 radical (unpaired) electrons. The Balaban J connectivity index is 1.39. The molecular formula is C23H24ClFN4O3. The summed E-state index contributed by atoms with van der Waals surface area (Å²) in [6.07, 6.45) is 1.78. The van der Waals surface area contributed by atoms with Crippen LogP contribution in [-0.4, -0.2) is 47.7 Å². The number of amides is 1. The van der Waals surface area contributed by atoms with Gasteiger partial charge in [0, 0.05) is 23.2 Å². The minimum atomic E-state index is -0.351. The van der Waals surface area contributed by atoms with Gasteiger partial charge in [0.15, 0.2) is 0 Å². The maximum absolute atomic E-state index is 13.5. The first-order valence-corrected chi connectivity index (χ1v) is 10.8. The lowest BCUT2D eigenvalue weighted by molar-refractivity contribution is -0.117. The predicted molar refractivity (Wildman–Crippen MR) is 119 cm³/mol. The summed E-state index contributed by atoms with van der Waals surface area (Å²) in [6.45, 7) is 3.52. The number of piperidine rings is 1. The summed E-state index contributed by atoms with van der Waals surface area (Å²) in [5.74, 6) is 0.900. The summed E-state index contributed by atoms with van der Waals surface area (Å²) in [5, 5.41) is 7.49. The molecule has 168 valence electrons. The van der Waals surface area contributed by atoms with E-state index in [1.54, 1.807) is 24.3 Å². The van der Waals surface area contributed by atoms with Crippen LogP contribution in [0.3, 0.4) is 0 Å². The number of aryl methyl sites for hydroxylation is 1. The van der Waals surface area contributed by atoms with Gasteiger partial charge in [-0.2, -0.15) is 4.98 Å². The summed E-state index contributed by atoms with van der Waals surface area (Å²) >= 11 is 6.14. The van der Waals surface area contributed by atoms with E-state index < -0.39 is 0 Å². The van der Waals surface area contributed by atoms with Gasteiger partial charge >= 0.3 is 0 Å². The van der Waals surface area contributed by atoms with Crippen molar-refractivity contribution in [3.8, 4) is 17.1 Å². The zero-order valence-electron chi connectivity index (χ0n) is 17.9. The van der Waals surface area contributed by atoms with Crippen LogP contribution in [-0.2, 0) is 4.79 Å². The lowest BCUT2D eigenvalue weighted by Crippen LogP contribution is -2.39. The Bertz CT molecular complexity index is 1120. The van der Waals surface area contributed by atoms with E-state index in [0.29, 0.717) is 40.3 Å².